The fourth-order valence-corrected chi connectivity index (χ4v) is 1.88. The summed E-state index contributed by atoms with van der Waals surface area (Å²) in [6, 6.07) is 6.44. The largest absolute Gasteiger partial charge is 0.464 e. The average molecular weight is 214 g/mol. The van der Waals surface area contributed by atoms with E-state index in [0.29, 0.717) is 11.1 Å². The summed E-state index contributed by atoms with van der Waals surface area (Å²) in [5.74, 6) is -0.589. The summed E-state index contributed by atoms with van der Waals surface area (Å²) >= 11 is 0. The van der Waals surface area contributed by atoms with E-state index in [1.54, 1.807) is 18.2 Å². The molecule has 0 saturated carbocycles. The molecule has 1 aromatic carbocycles. The minimum Gasteiger partial charge on any atom is -0.464 e. The summed E-state index contributed by atoms with van der Waals surface area (Å²) in [5.41, 5.74) is 1.08. The quantitative estimate of drug-likeness (QED) is 0.720. The molecule has 0 fully saturated rings. The maximum absolute atomic E-state index is 12.3. The second-order valence-corrected chi connectivity index (χ2v) is 4.34. The Morgan fingerprint density at radius 3 is 2.79 bits per heavy atom. The highest BCUT2D eigenvalue weighted by Crippen LogP contribution is 2.18. The lowest BCUT2D eigenvalue weighted by molar-refractivity contribution is 0.551. The van der Waals surface area contributed by atoms with Crippen LogP contribution in [0.3, 0.4) is 0 Å². The van der Waals surface area contributed by atoms with Crippen molar-refractivity contribution in [3.8, 4) is 0 Å². The van der Waals surface area contributed by atoms with Crippen LogP contribution in [0.5, 0.6) is 0 Å². The fraction of sp³-hybridized carbons (Fsp3) is 0.111. The van der Waals surface area contributed by atoms with Gasteiger partial charge in [0.1, 0.15) is 11.3 Å². The van der Waals surface area contributed by atoms with E-state index in [1.807, 2.05) is 0 Å². The van der Waals surface area contributed by atoms with E-state index < -0.39 is 16.0 Å². The first-order chi connectivity index (χ1) is 6.54. The first-order valence-electron chi connectivity index (χ1n) is 3.93. The standard InChI is InChI=1S/C9H7FO3S/c10-14(11,12)6-7-1-2-9-8(5-7)3-4-13-9/h1-5H,6H2. The van der Waals surface area contributed by atoms with E-state index >= 15 is 0 Å². The molecular weight excluding hydrogens is 207 g/mol. The summed E-state index contributed by atoms with van der Waals surface area (Å²) in [6.07, 6.45) is 1.50. The van der Waals surface area contributed by atoms with Gasteiger partial charge in [0.2, 0.25) is 0 Å². The van der Waals surface area contributed by atoms with Crippen molar-refractivity contribution in [2.45, 2.75) is 5.75 Å². The van der Waals surface area contributed by atoms with Gasteiger partial charge in [0.25, 0.3) is 0 Å². The van der Waals surface area contributed by atoms with E-state index in [0.717, 1.165) is 5.39 Å². The Morgan fingerprint density at radius 1 is 1.29 bits per heavy atom. The zero-order chi connectivity index (χ0) is 10.2. The molecule has 2 rings (SSSR count). The maximum atomic E-state index is 12.3. The number of hydrogen-bond donors (Lipinski definition) is 0. The van der Waals surface area contributed by atoms with Crippen LogP contribution in [0, 0.1) is 0 Å². The zero-order valence-corrected chi connectivity index (χ0v) is 7.92. The molecule has 0 atom stereocenters. The van der Waals surface area contributed by atoms with E-state index in [4.69, 9.17) is 4.42 Å². The number of halogens is 1. The molecule has 14 heavy (non-hydrogen) atoms. The van der Waals surface area contributed by atoms with Gasteiger partial charge < -0.3 is 4.42 Å². The first-order valence-corrected chi connectivity index (χ1v) is 5.48. The average Bonchev–Trinajstić information content (AvgIpc) is 2.47. The van der Waals surface area contributed by atoms with Gasteiger partial charge in [0.15, 0.2) is 0 Å². The Hall–Kier alpha value is -1.36. The SMILES string of the molecule is O=S(=O)(F)Cc1ccc2occc2c1. The van der Waals surface area contributed by atoms with Crippen LogP contribution in [0.15, 0.2) is 34.9 Å². The topological polar surface area (TPSA) is 47.3 Å². The molecule has 0 aliphatic rings. The minimum atomic E-state index is -4.46. The van der Waals surface area contributed by atoms with Crippen LogP contribution in [0.2, 0.25) is 0 Å². The Labute approximate surface area is 80.4 Å². The highest BCUT2D eigenvalue weighted by atomic mass is 32.3. The molecule has 74 valence electrons. The number of rotatable bonds is 2. The molecule has 0 aliphatic heterocycles. The van der Waals surface area contributed by atoms with Gasteiger partial charge in [-0.25, -0.2) is 0 Å². The molecule has 0 saturated heterocycles. The zero-order valence-electron chi connectivity index (χ0n) is 7.10. The van der Waals surface area contributed by atoms with Gasteiger partial charge in [0.05, 0.1) is 6.26 Å². The van der Waals surface area contributed by atoms with Crippen LogP contribution in [0.4, 0.5) is 3.89 Å². The molecule has 0 amide bonds. The summed E-state index contributed by atoms with van der Waals surface area (Å²) in [4.78, 5) is 0. The number of fused-ring (bicyclic) bond motifs is 1. The third kappa shape index (κ3) is 1.93. The van der Waals surface area contributed by atoms with Crippen LogP contribution in [-0.4, -0.2) is 8.42 Å². The van der Waals surface area contributed by atoms with Crippen molar-refractivity contribution >= 4 is 21.2 Å². The second-order valence-electron chi connectivity index (χ2n) is 2.98. The van der Waals surface area contributed by atoms with Gasteiger partial charge in [-0.15, -0.1) is 3.89 Å². The summed E-state index contributed by atoms with van der Waals surface area (Å²) in [7, 11) is -4.46. The molecule has 1 heterocycles. The van der Waals surface area contributed by atoms with Gasteiger partial charge in [-0.3, -0.25) is 0 Å². The van der Waals surface area contributed by atoms with Gasteiger partial charge in [-0.2, -0.15) is 8.42 Å². The predicted molar refractivity (Wildman–Crippen MR) is 49.9 cm³/mol. The number of furan rings is 1. The van der Waals surface area contributed by atoms with E-state index in [-0.39, 0.29) is 0 Å². The van der Waals surface area contributed by atoms with E-state index in [2.05, 4.69) is 0 Å². The lowest BCUT2D eigenvalue weighted by atomic mass is 10.2. The molecule has 0 N–H and O–H groups in total. The molecular formula is C9H7FO3S. The summed E-state index contributed by atoms with van der Waals surface area (Å²) in [6.45, 7) is 0. The fourth-order valence-electron chi connectivity index (χ4n) is 1.30. The van der Waals surface area contributed by atoms with Crippen molar-refractivity contribution in [1.82, 2.24) is 0 Å². The van der Waals surface area contributed by atoms with Crippen molar-refractivity contribution < 1.29 is 16.7 Å². The van der Waals surface area contributed by atoms with Crippen LogP contribution in [-0.2, 0) is 16.0 Å². The minimum absolute atomic E-state index is 0.418. The number of hydrogen-bond acceptors (Lipinski definition) is 3. The second kappa shape index (κ2) is 3.09. The van der Waals surface area contributed by atoms with Gasteiger partial charge in [-0.05, 0) is 23.8 Å². The lowest BCUT2D eigenvalue weighted by Crippen LogP contribution is -1.95. The van der Waals surface area contributed by atoms with E-state index in [9.17, 15) is 12.3 Å². The molecule has 0 spiro atoms. The highest BCUT2D eigenvalue weighted by molar-refractivity contribution is 7.85. The van der Waals surface area contributed by atoms with Gasteiger partial charge in [0, 0.05) is 5.39 Å². The molecule has 0 radical (unpaired) electrons. The normalized spacial score (nSPS) is 12.1. The highest BCUT2D eigenvalue weighted by Gasteiger charge is 2.09. The predicted octanol–water partition coefficient (Wildman–Crippen LogP) is 2.23. The summed E-state index contributed by atoms with van der Waals surface area (Å²) < 4.78 is 38.2. The summed E-state index contributed by atoms with van der Waals surface area (Å²) in [5, 5.41) is 0.770. The first kappa shape index (κ1) is 9.21. The molecule has 2 aromatic rings. The molecule has 3 nitrogen and oxygen atoms in total. The van der Waals surface area contributed by atoms with Gasteiger partial charge in [-0.1, -0.05) is 6.07 Å². The Balaban J connectivity index is 2.44. The third-order valence-corrected chi connectivity index (χ3v) is 2.53. The molecule has 0 unspecified atom stereocenters. The van der Waals surface area contributed by atoms with E-state index in [1.165, 1.54) is 12.3 Å². The van der Waals surface area contributed by atoms with Crippen LogP contribution in [0.25, 0.3) is 11.0 Å². The van der Waals surface area contributed by atoms with Crippen molar-refractivity contribution in [1.29, 1.82) is 0 Å². The molecule has 1 aromatic heterocycles. The van der Waals surface area contributed by atoms with Crippen molar-refractivity contribution in [3.05, 3.63) is 36.1 Å². The van der Waals surface area contributed by atoms with Crippen LogP contribution in [0.1, 0.15) is 5.56 Å². The van der Waals surface area contributed by atoms with Crippen molar-refractivity contribution in [2.24, 2.45) is 0 Å². The van der Waals surface area contributed by atoms with Crippen molar-refractivity contribution in [3.63, 3.8) is 0 Å². The van der Waals surface area contributed by atoms with Crippen LogP contribution < -0.4 is 0 Å². The molecule has 0 bridgehead atoms. The third-order valence-electron chi connectivity index (χ3n) is 1.86. The lowest BCUT2D eigenvalue weighted by Gasteiger charge is -1.96. The van der Waals surface area contributed by atoms with Crippen molar-refractivity contribution in [2.75, 3.05) is 0 Å². The maximum Gasteiger partial charge on any atom is 0.306 e. The Morgan fingerprint density at radius 2 is 2.07 bits per heavy atom. The Kier molecular flexibility index (Phi) is 2.03. The molecule has 0 aliphatic carbocycles. The number of benzene rings is 1. The van der Waals surface area contributed by atoms with Crippen LogP contribution >= 0.6 is 0 Å². The molecule has 5 heteroatoms. The van der Waals surface area contributed by atoms with Gasteiger partial charge >= 0.3 is 10.2 Å². The Bertz CT molecular complexity index is 556. The monoisotopic (exact) mass is 214 g/mol. The smallest absolute Gasteiger partial charge is 0.306 e.